The lowest BCUT2D eigenvalue weighted by molar-refractivity contribution is -0.148. The average molecular weight is 650 g/mol. The Morgan fingerprint density at radius 2 is 1.60 bits per heavy atom. The highest BCUT2D eigenvalue weighted by Gasteiger charge is 2.43. The summed E-state index contributed by atoms with van der Waals surface area (Å²) in [5.41, 5.74) is 4.63. The molecule has 2 aliphatic rings. The number of amides is 2. The molecule has 0 bridgehead atoms. The summed E-state index contributed by atoms with van der Waals surface area (Å²) in [6.45, 7) is 10.6. The monoisotopic (exact) mass is 649 g/mol. The number of esters is 1. The molecule has 0 radical (unpaired) electrons. The van der Waals surface area contributed by atoms with Crippen molar-refractivity contribution in [3.8, 4) is 11.1 Å². The summed E-state index contributed by atoms with van der Waals surface area (Å²) >= 11 is 0. The Hall–Kier alpha value is -4.59. The number of aromatic nitrogens is 1. The number of likely N-dealkylation sites (tertiary alicyclic amines) is 1. The Bertz CT molecular complexity index is 1770. The van der Waals surface area contributed by atoms with E-state index in [1.54, 1.807) is 4.90 Å². The summed E-state index contributed by atoms with van der Waals surface area (Å²) in [5, 5.41) is 1.01. The maximum Gasteiger partial charge on any atom is 0.410 e. The Morgan fingerprint density at radius 1 is 0.896 bits per heavy atom. The number of benzene rings is 3. The molecule has 3 aromatic carbocycles. The van der Waals surface area contributed by atoms with Crippen molar-refractivity contribution in [2.45, 2.75) is 90.6 Å². The van der Waals surface area contributed by atoms with Crippen LogP contribution in [-0.4, -0.2) is 63.2 Å². The van der Waals surface area contributed by atoms with Gasteiger partial charge in [0.1, 0.15) is 12.1 Å². The third-order valence-corrected chi connectivity index (χ3v) is 9.15. The van der Waals surface area contributed by atoms with Crippen LogP contribution in [-0.2, 0) is 32.2 Å². The van der Waals surface area contributed by atoms with Gasteiger partial charge < -0.3 is 23.8 Å². The van der Waals surface area contributed by atoms with Crippen molar-refractivity contribution in [2.24, 2.45) is 5.92 Å². The van der Waals surface area contributed by atoms with Crippen LogP contribution < -0.4 is 0 Å². The van der Waals surface area contributed by atoms with Gasteiger partial charge in [-0.2, -0.15) is 0 Å². The molecule has 4 aromatic rings. The first kappa shape index (κ1) is 33.3. The van der Waals surface area contributed by atoms with Gasteiger partial charge in [-0.3, -0.25) is 9.59 Å². The van der Waals surface area contributed by atoms with Gasteiger partial charge in [-0.15, -0.1) is 0 Å². The van der Waals surface area contributed by atoms with Crippen LogP contribution in [0.25, 0.3) is 22.0 Å². The zero-order valence-electron chi connectivity index (χ0n) is 28.7. The zero-order valence-corrected chi connectivity index (χ0v) is 28.7. The van der Waals surface area contributed by atoms with Crippen molar-refractivity contribution >= 4 is 28.9 Å². The quantitative estimate of drug-likeness (QED) is 0.173. The van der Waals surface area contributed by atoms with Crippen LogP contribution in [0.3, 0.4) is 0 Å². The van der Waals surface area contributed by atoms with Crippen LogP contribution in [0.15, 0.2) is 85.1 Å². The number of rotatable bonds is 9. The van der Waals surface area contributed by atoms with Crippen molar-refractivity contribution < 1.29 is 23.9 Å². The fourth-order valence-corrected chi connectivity index (χ4v) is 6.86. The number of ether oxygens (including phenoxy) is 2. The number of nitrogens with zero attached hydrogens (tertiary/aromatic N) is 3. The second-order valence-corrected chi connectivity index (χ2v) is 14.5. The minimum atomic E-state index is -0.632. The highest BCUT2D eigenvalue weighted by molar-refractivity contribution is 5.87. The van der Waals surface area contributed by atoms with Gasteiger partial charge in [0, 0.05) is 42.8 Å². The van der Waals surface area contributed by atoms with E-state index in [4.69, 9.17) is 9.47 Å². The highest BCUT2D eigenvalue weighted by Crippen LogP contribution is 2.40. The van der Waals surface area contributed by atoms with E-state index >= 15 is 0 Å². The van der Waals surface area contributed by atoms with Gasteiger partial charge in [-0.1, -0.05) is 72.8 Å². The molecule has 0 N–H and O–H groups in total. The number of fused-ring (bicyclic) bond motifs is 1. The Labute approximate surface area is 283 Å². The third kappa shape index (κ3) is 7.75. The third-order valence-electron chi connectivity index (χ3n) is 9.15. The molecule has 1 aromatic heterocycles. The van der Waals surface area contributed by atoms with Crippen LogP contribution >= 0.6 is 0 Å². The van der Waals surface area contributed by atoms with E-state index in [1.165, 1.54) is 0 Å². The lowest BCUT2D eigenvalue weighted by Crippen LogP contribution is -2.51. The summed E-state index contributed by atoms with van der Waals surface area (Å²) in [6.07, 6.45) is 3.96. The predicted molar refractivity (Wildman–Crippen MR) is 187 cm³/mol. The lowest BCUT2D eigenvalue weighted by Gasteiger charge is -2.40. The van der Waals surface area contributed by atoms with Crippen molar-refractivity contribution in [1.82, 2.24) is 14.4 Å². The first-order valence-electron chi connectivity index (χ1n) is 17.2. The summed E-state index contributed by atoms with van der Waals surface area (Å²) < 4.78 is 13.1. The number of hydrogen-bond acceptors (Lipinski definition) is 5. The second kappa shape index (κ2) is 13.9. The number of carbonyl (C=O) groups excluding carboxylic acids is 3. The topological polar surface area (TPSA) is 81.1 Å². The SMILES string of the molecule is CC(C)OC(=O)Cn1cc(CN(C(=O)[C@H]2CN(C(=O)OC(C)(C)C)CC[C@@H]2c2cccc(-c3ccccc3)c2)C2CC2)c2ccccc21. The Morgan fingerprint density at radius 3 is 2.31 bits per heavy atom. The minimum Gasteiger partial charge on any atom is -0.462 e. The predicted octanol–water partition coefficient (Wildman–Crippen LogP) is 7.79. The Balaban J connectivity index is 1.32. The second-order valence-electron chi connectivity index (χ2n) is 14.5. The molecule has 6 rings (SSSR count). The number of carbonyl (C=O) groups is 3. The van der Waals surface area contributed by atoms with E-state index in [9.17, 15) is 14.4 Å². The molecule has 0 spiro atoms. The van der Waals surface area contributed by atoms with E-state index in [2.05, 4.69) is 36.4 Å². The molecular weight excluding hydrogens is 602 g/mol. The largest absolute Gasteiger partial charge is 0.462 e. The normalized spacial score (nSPS) is 18.2. The maximum atomic E-state index is 14.9. The van der Waals surface area contributed by atoms with Crippen LogP contribution in [0.2, 0.25) is 0 Å². The van der Waals surface area contributed by atoms with Crippen LogP contribution in [0.1, 0.15) is 70.9 Å². The summed E-state index contributed by atoms with van der Waals surface area (Å²) in [7, 11) is 0. The molecule has 2 amide bonds. The van der Waals surface area contributed by atoms with Gasteiger partial charge in [0.2, 0.25) is 5.91 Å². The molecule has 1 saturated carbocycles. The summed E-state index contributed by atoms with van der Waals surface area (Å²) in [6, 6.07) is 26.9. The maximum absolute atomic E-state index is 14.9. The zero-order chi connectivity index (χ0) is 34.0. The molecule has 0 unspecified atom stereocenters. The fraction of sp³-hybridized carbons (Fsp3) is 0.425. The van der Waals surface area contributed by atoms with E-state index in [-0.39, 0.29) is 42.6 Å². The molecule has 8 nitrogen and oxygen atoms in total. The Kier molecular flexibility index (Phi) is 9.63. The number of para-hydroxylation sites is 1. The average Bonchev–Trinajstić information content (AvgIpc) is 3.85. The molecule has 1 aliphatic heterocycles. The molecular formula is C40H47N3O5. The molecule has 2 heterocycles. The minimum absolute atomic E-state index is 0.0527. The van der Waals surface area contributed by atoms with Gasteiger partial charge in [0.25, 0.3) is 0 Å². The van der Waals surface area contributed by atoms with Gasteiger partial charge in [-0.05, 0) is 88.1 Å². The van der Waals surface area contributed by atoms with E-state index in [0.29, 0.717) is 26.1 Å². The molecule has 48 heavy (non-hydrogen) atoms. The highest BCUT2D eigenvalue weighted by atomic mass is 16.6. The smallest absolute Gasteiger partial charge is 0.410 e. The van der Waals surface area contributed by atoms with E-state index in [0.717, 1.165) is 46.0 Å². The van der Waals surface area contributed by atoms with Crippen molar-refractivity contribution in [2.75, 3.05) is 13.1 Å². The molecule has 1 saturated heterocycles. The molecule has 1 aliphatic carbocycles. The van der Waals surface area contributed by atoms with Crippen molar-refractivity contribution in [3.05, 3.63) is 96.2 Å². The lowest BCUT2D eigenvalue weighted by atomic mass is 9.79. The number of piperidine rings is 1. The summed E-state index contributed by atoms with van der Waals surface area (Å²) in [5.74, 6) is -0.741. The summed E-state index contributed by atoms with van der Waals surface area (Å²) in [4.78, 5) is 44.6. The van der Waals surface area contributed by atoms with Crippen molar-refractivity contribution in [3.63, 3.8) is 0 Å². The van der Waals surface area contributed by atoms with Crippen molar-refractivity contribution in [1.29, 1.82) is 0 Å². The van der Waals surface area contributed by atoms with Gasteiger partial charge in [0.05, 0.1) is 12.0 Å². The van der Waals surface area contributed by atoms with Crippen LogP contribution in [0, 0.1) is 5.92 Å². The number of hydrogen-bond donors (Lipinski definition) is 0. The molecule has 8 heteroatoms. The standard InChI is InChI=1S/C40H47N3O5/c1-27(2)47-37(44)26-42-23-31(34-16-9-10-17-36(34)42)24-43(32-18-19-32)38(45)35-25-41(39(46)48-40(3,4)5)21-20-33(35)30-15-11-14-29(22-30)28-12-7-6-8-13-28/h6-17,22-23,27,32-33,35H,18-21,24-26H2,1-5H3/t33-,35+/m1/s1. The first-order valence-corrected chi connectivity index (χ1v) is 17.2. The fourth-order valence-electron chi connectivity index (χ4n) is 6.86. The van der Waals surface area contributed by atoms with Gasteiger partial charge >= 0.3 is 12.1 Å². The van der Waals surface area contributed by atoms with E-state index in [1.807, 2.05) is 92.7 Å². The molecule has 252 valence electrons. The molecule has 2 fully saturated rings. The van der Waals surface area contributed by atoms with Crippen LogP contribution in [0.4, 0.5) is 4.79 Å². The van der Waals surface area contributed by atoms with Crippen LogP contribution in [0.5, 0.6) is 0 Å². The van der Waals surface area contributed by atoms with E-state index < -0.39 is 11.5 Å². The first-order chi connectivity index (χ1) is 23.0. The molecule has 2 atom stereocenters. The van der Waals surface area contributed by atoms with Gasteiger partial charge in [0.15, 0.2) is 0 Å². The van der Waals surface area contributed by atoms with Gasteiger partial charge in [-0.25, -0.2) is 4.79 Å².